The van der Waals surface area contributed by atoms with Crippen LogP contribution in [0.25, 0.3) is 0 Å². The number of hydrogen-bond donors (Lipinski definition) is 0. The van der Waals surface area contributed by atoms with E-state index in [1.165, 1.54) is 11.8 Å². The molecule has 21 heavy (non-hydrogen) atoms. The Morgan fingerprint density at radius 3 is 2.76 bits per heavy atom. The molecule has 0 aromatic carbocycles. The van der Waals surface area contributed by atoms with Crippen molar-refractivity contribution in [3.8, 4) is 0 Å². The number of likely N-dealkylation sites (N-methyl/N-ethyl adjacent to an activating group) is 1. The first-order valence-electron chi connectivity index (χ1n) is 7.23. The zero-order chi connectivity index (χ0) is 15.0. The van der Waals surface area contributed by atoms with E-state index in [2.05, 4.69) is 16.9 Å². The Kier molecular flexibility index (Phi) is 4.03. The molecule has 7 heteroatoms. The van der Waals surface area contributed by atoms with Crippen molar-refractivity contribution in [3.05, 3.63) is 22.1 Å². The lowest BCUT2D eigenvalue weighted by Crippen LogP contribution is -2.50. The second kappa shape index (κ2) is 5.81. The SMILES string of the molecule is Cc1cnc2n(c1=O)CC(C(=O)N1CCN(C)CC1)CS2. The van der Waals surface area contributed by atoms with E-state index in [9.17, 15) is 9.59 Å². The molecule has 1 fully saturated rings. The topological polar surface area (TPSA) is 58.4 Å². The molecule has 0 N–H and O–H groups in total. The second-order valence-electron chi connectivity index (χ2n) is 5.78. The van der Waals surface area contributed by atoms with Gasteiger partial charge < -0.3 is 9.80 Å². The van der Waals surface area contributed by atoms with Crippen molar-refractivity contribution in [1.82, 2.24) is 19.4 Å². The number of aromatic nitrogens is 2. The molecule has 1 aromatic rings. The largest absolute Gasteiger partial charge is 0.340 e. The first kappa shape index (κ1) is 14.6. The van der Waals surface area contributed by atoms with Gasteiger partial charge in [-0.1, -0.05) is 11.8 Å². The van der Waals surface area contributed by atoms with Crippen molar-refractivity contribution in [3.63, 3.8) is 0 Å². The van der Waals surface area contributed by atoms with Crippen LogP contribution < -0.4 is 5.56 Å². The standard InChI is InChI=1S/C14H20N4O2S/c1-10-7-15-14-18(12(10)19)8-11(9-21-14)13(20)17-5-3-16(2)4-6-17/h7,11H,3-6,8-9H2,1-2H3. The van der Waals surface area contributed by atoms with Gasteiger partial charge in [-0.2, -0.15) is 0 Å². The molecule has 1 atom stereocenters. The number of carbonyl (C=O) groups is 1. The molecule has 0 bridgehead atoms. The van der Waals surface area contributed by atoms with Crippen LogP contribution in [0.3, 0.4) is 0 Å². The van der Waals surface area contributed by atoms with Crippen molar-refractivity contribution in [2.24, 2.45) is 5.92 Å². The van der Waals surface area contributed by atoms with Crippen LogP contribution in [0.4, 0.5) is 0 Å². The molecule has 1 amide bonds. The zero-order valence-electron chi connectivity index (χ0n) is 12.4. The minimum absolute atomic E-state index is 0.0247. The molecular weight excluding hydrogens is 288 g/mol. The molecule has 0 spiro atoms. The van der Waals surface area contributed by atoms with Crippen molar-refractivity contribution in [1.29, 1.82) is 0 Å². The van der Waals surface area contributed by atoms with Crippen LogP contribution in [0.5, 0.6) is 0 Å². The molecule has 1 aromatic heterocycles. The van der Waals surface area contributed by atoms with Crippen LogP contribution in [-0.4, -0.2) is 64.2 Å². The number of fused-ring (bicyclic) bond motifs is 1. The fourth-order valence-electron chi connectivity index (χ4n) is 2.74. The lowest BCUT2D eigenvalue weighted by molar-refractivity contribution is -0.137. The van der Waals surface area contributed by atoms with E-state index in [1.54, 1.807) is 17.7 Å². The van der Waals surface area contributed by atoms with Gasteiger partial charge in [0.1, 0.15) is 0 Å². The molecule has 3 rings (SSSR count). The minimum Gasteiger partial charge on any atom is -0.340 e. The molecule has 114 valence electrons. The Balaban J connectivity index is 1.75. The quantitative estimate of drug-likeness (QED) is 0.686. The molecule has 0 aliphatic carbocycles. The van der Waals surface area contributed by atoms with Gasteiger partial charge in [-0.3, -0.25) is 14.2 Å². The van der Waals surface area contributed by atoms with E-state index in [0.717, 1.165) is 31.3 Å². The van der Waals surface area contributed by atoms with Gasteiger partial charge in [0.05, 0.1) is 5.92 Å². The second-order valence-corrected chi connectivity index (χ2v) is 6.76. The normalized spacial score (nSPS) is 23.0. The zero-order valence-corrected chi connectivity index (χ0v) is 13.2. The van der Waals surface area contributed by atoms with Crippen molar-refractivity contribution >= 4 is 17.7 Å². The van der Waals surface area contributed by atoms with E-state index in [-0.39, 0.29) is 17.4 Å². The highest BCUT2D eigenvalue weighted by molar-refractivity contribution is 7.99. The van der Waals surface area contributed by atoms with Crippen LogP contribution in [0.2, 0.25) is 0 Å². The Bertz CT molecular complexity index is 607. The van der Waals surface area contributed by atoms with Gasteiger partial charge in [-0.05, 0) is 14.0 Å². The van der Waals surface area contributed by atoms with Gasteiger partial charge in [-0.15, -0.1) is 0 Å². The highest BCUT2D eigenvalue weighted by Crippen LogP contribution is 2.26. The number of nitrogens with zero attached hydrogens (tertiary/aromatic N) is 4. The maximum atomic E-state index is 12.6. The summed E-state index contributed by atoms with van der Waals surface area (Å²) in [6, 6.07) is 0. The fourth-order valence-corrected chi connectivity index (χ4v) is 3.77. The fraction of sp³-hybridized carbons (Fsp3) is 0.643. The number of thioether (sulfide) groups is 1. The Morgan fingerprint density at radius 1 is 1.33 bits per heavy atom. The van der Waals surface area contributed by atoms with E-state index in [4.69, 9.17) is 0 Å². The van der Waals surface area contributed by atoms with E-state index >= 15 is 0 Å². The summed E-state index contributed by atoms with van der Waals surface area (Å²) in [6.07, 6.45) is 1.61. The molecule has 6 nitrogen and oxygen atoms in total. The summed E-state index contributed by atoms with van der Waals surface area (Å²) < 4.78 is 1.65. The smallest absolute Gasteiger partial charge is 0.257 e. The lowest BCUT2D eigenvalue weighted by atomic mass is 10.1. The summed E-state index contributed by atoms with van der Waals surface area (Å²) in [5.74, 6) is 0.766. The number of amides is 1. The van der Waals surface area contributed by atoms with Crippen molar-refractivity contribution < 1.29 is 4.79 Å². The van der Waals surface area contributed by atoms with Gasteiger partial charge in [0.15, 0.2) is 5.16 Å². The summed E-state index contributed by atoms with van der Waals surface area (Å²) in [4.78, 5) is 33.3. The Labute approximate surface area is 128 Å². The summed E-state index contributed by atoms with van der Waals surface area (Å²) in [5.41, 5.74) is 0.607. The Hall–Kier alpha value is -1.34. The highest BCUT2D eigenvalue weighted by atomic mass is 32.2. The third-order valence-corrected chi connectivity index (χ3v) is 5.32. The minimum atomic E-state index is -0.118. The van der Waals surface area contributed by atoms with Crippen LogP contribution in [0.1, 0.15) is 5.56 Å². The average molecular weight is 308 g/mol. The van der Waals surface area contributed by atoms with Gasteiger partial charge in [0.2, 0.25) is 5.91 Å². The summed E-state index contributed by atoms with van der Waals surface area (Å²) >= 11 is 1.51. The number of hydrogen-bond acceptors (Lipinski definition) is 5. The summed E-state index contributed by atoms with van der Waals surface area (Å²) in [7, 11) is 2.07. The van der Waals surface area contributed by atoms with Gasteiger partial charge in [0, 0.05) is 50.2 Å². The highest BCUT2D eigenvalue weighted by Gasteiger charge is 2.31. The third kappa shape index (κ3) is 2.85. The molecule has 2 aliphatic rings. The third-order valence-electron chi connectivity index (χ3n) is 4.16. The predicted molar refractivity (Wildman–Crippen MR) is 81.5 cm³/mol. The van der Waals surface area contributed by atoms with Crippen molar-refractivity contribution in [2.45, 2.75) is 18.6 Å². The van der Waals surface area contributed by atoms with Crippen molar-refractivity contribution in [2.75, 3.05) is 39.0 Å². The Morgan fingerprint density at radius 2 is 2.05 bits per heavy atom. The number of piperazine rings is 1. The molecule has 1 unspecified atom stereocenters. The number of rotatable bonds is 1. The lowest BCUT2D eigenvalue weighted by Gasteiger charge is -2.35. The van der Waals surface area contributed by atoms with Crippen LogP contribution in [0, 0.1) is 12.8 Å². The maximum absolute atomic E-state index is 12.6. The summed E-state index contributed by atoms with van der Waals surface area (Å²) in [6.45, 7) is 5.63. The molecule has 3 heterocycles. The first-order chi connectivity index (χ1) is 10.1. The van der Waals surface area contributed by atoms with E-state index in [0.29, 0.717) is 17.9 Å². The van der Waals surface area contributed by atoms with Gasteiger partial charge in [0.25, 0.3) is 5.56 Å². The van der Waals surface area contributed by atoms with Crippen LogP contribution in [-0.2, 0) is 11.3 Å². The van der Waals surface area contributed by atoms with E-state index < -0.39 is 0 Å². The van der Waals surface area contributed by atoms with Gasteiger partial charge in [-0.25, -0.2) is 4.98 Å². The average Bonchev–Trinajstić information content (AvgIpc) is 2.51. The number of carbonyl (C=O) groups excluding carboxylic acids is 1. The van der Waals surface area contributed by atoms with E-state index in [1.807, 2.05) is 4.90 Å². The monoisotopic (exact) mass is 308 g/mol. The number of aryl methyl sites for hydroxylation is 1. The summed E-state index contributed by atoms with van der Waals surface area (Å²) in [5, 5.41) is 0.730. The molecule has 0 radical (unpaired) electrons. The van der Waals surface area contributed by atoms with Gasteiger partial charge >= 0.3 is 0 Å². The van der Waals surface area contributed by atoms with Crippen LogP contribution >= 0.6 is 11.8 Å². The molecule has 0 saturated carbocycles. The molecule has 1 saturated heterocycles. The molecular formula is C14H20N4O2S. The van der Waals surface area contributed by atoms with Crippen LogP contribution in [0.15, 0.2) is 16.1 Å². The molecule has 2 aliphatic heterocycles. The first-order valence-corrected chi connectivity index (χ1v) is 8.21. The maximum Gasteiger partial charge on any atom is 0.257 e. The predicted octanol–water partition coefficient (Wildman–Crippen LogP) is 0.0476.